The fourth-order valence-electron chi connectivity index (χ4n) is 3.30. The van der Waals surface area contributed by atoms with Gasteiger partial charge in [0.1, 0.15) is 5.75 Å². The van der Waals surface area contributed by atoms with E-state index in [1.807, 2.05) is 58.5 Å². The number of rotatable bonds is 4. The molecule has 1 atom stereocenters. The van der Waals surface area contributed by atoms with Crippen molar-refractivity contribution in [1.82, 2.24) is 5.01 Å². The summed E-state index contributed by atoms with van der Waals surface area (Å²) < 4.78 is 11.1. The Kier molecular flexibility index (Phi) is 4.29. The summed E-state index contributed by atoms with van der Waals surface area (Å²) in [5, 5.41) is 4.68. The number of ether oxygens (including phenoxy) is 2. The molecule has 1 saturated heterocycles. The zero-order valence-electron chi connectivity index (χ0n) is 14.1. The molecule has 1 fully saturated rings. The lowest BCUT2D eigenvalue weighted by atomic mass is 10.1. The lowest BCUT2D eigenvalue weighted by Gasteiger charge is -2.40. The maximum Gasteiger partial charge on any atom is 0.141 e. The minimum atomic E-state index is 0.154. The lowest BCUT2D eigenvalue weighted by Crippen LogP contribution is -2.22. The number of hydrogen-bond donors (Lipinski definition) is 0. The molecule has 0 bridgehead atoms. The van der Waals surface area contributed by atoms with Crippen molar-refractivity contribution >= 4 is 23.0 Å². The van der Waals surface area contributed by atoms with Crippen LogP contribution in [0.3, 0.4) is 0 Å². The second-order valence-electron chi connectivity index (χ2n) is 6.02. The second-order valence-corrected chi connectivity index (χ2v) is 6.46. The highest BCUT2D eigenvalue weighted by atomic mass is 35.5. The Balaban J connectivity index is 1.82. The highest BCUT2D eigenvalue weighted by Crippen LogP contribution is 2.47. The average Bonchev–Trinajstić information content (AvgIpc) is 3.20. The van der Waals surface area contributed by atoms with E-state index in [0.717, 1.165) is 41.4 Å². The molecule has 2 aromatic carbocycles. The van der Waals surface area contributed by atoms with Crippen LogP contribution in [0.25, 0.3) is 11.2 Å². The summed E-state index contributed by atoms with van der Waals surface area (Å²) in [6, 6.07) is 15.7. The average molecular weight is 357 g/mol. The molecule has 0 unspecified atom stereocenters. The van der Waals surface area contributed by atoms with Gasteiger partial charge in [0, 0.05) is 30.8 Å². The third kappa shape index (κ3) is 2.84. The van der Waals surface area contributed by atoms with Gasteiger partial charge in [-0.2, -0.15) is 0 Å². The fourth-order valence-corrected chi connectivity index (χ4v) is 3.43. The van der Waals surface area contributed by atoms with E-state index in [-0.39, 0.29) is 6.10 Å². The largest absolute Gasteiger partial charge is 0.495 e. The van der Waals surface area contributed by atoms with Gasteiger partial charge >= 0.3 is 0 Å². The van der Waals surface area contributed by atoms with Gasteiger partial charge in [0.2, 0.25) is 0 Å². The van der Waals surface area contributed by atoms with Gasteiger partial charge in [-0.05, 0) is 29.8 Å². The van der Waals surface area contributed by atoms with Crippen molar-refractivity contribution in [2.45, 2.75) is 12.5 Å². The fraction of sp³-hybridized carbons (Fsp3) is 0.263. The first-order valence-corrected chi connectivity index (χ1v) is 8.53. The SMILES string of the molecule is COc1ccccc1N1[N-]N2C[C@H](OC)CC2=C1c1ccc(Cl)cc1. The van der Waals surface area contributed by atoms with Gasteiger partial charge in [0.05, 0.1) is 24.6 Å². The topological polar surface area (TPSA) is 39.0 Å². The zero-order valence-corrected chi connectivity index (χ0v) is 14.9. The Morgan fingerprint density at radius 2 is 1.84 bits per heavy atom. The molecule has 130 valence electrons. The van der Waals surface area contributed by atoms with E-state index in [4.69, 9.17) is 26.6 Å². The predicted octanol–water partition coefficient (Wildman–Crippen LogP) is 4.46. The van der Waals surface area contributed by atoms with Crippen molar-refractivity contribution in [3.8, 4) is 5.75 Å². The highest BCUT2D eigenvalue weighted by Gasteiger charge is 2.32. The quantitative estimate of drug-likeness (QED) is 0.810. The van der Waals surface area contributed by atoms with Crippen LogP contribution in [0.5, 0.6) is 5.75 Å². The van der Waals surface area contributed by atoms with Gasteiger partial charge < -0.3 is 25.0 Å². The van der Waals surface area contributed by atoms with Crippen LogP contribution >= 0.6 is 11.6 Å². The van der Waals surface area contributed by atoms with E-state index in [1.54, 1.807) is 14.2 Å². The first-order chi connectivity index (χ1) is 12.2. The Morgan fingerprint density at radius 3 is 2.56 bits per heavy atom. The van der Waals surface area contributed by atoms with E-state index >= 15 is 0 Å². The number of halogens is 1. The number of benzene rings is 2. The summed E-state index contributed by atoms with van der Waals surface area (Å²) in [5.41, 5.74) is 8.97. The molecule has 0 saturated carbocycles. The third-order valence-electron chi connectivity index (χ3n) is 4.56. The van der Waals surface area contributed by atoms with Crippen molar-refractivity contribution in [2.75, 3.05) is 25.8 Å². The minimum absolute atomic E-state index is 0.154. The van der Waals surface area contributed by atoms with Gasteiger partial charge in [-0.1, -0.05) is 35.9 Å². The Morgan fingerprint density at radius 1 is 1.08 bits per heavy atom. The molecule has 2 aliphatic rings. The summed E-state index contributed by atoms with van der Waals surface area (Å²) in [6.07, 6.45) is 0.977. The van der Waals surface area contributed by atoms with Crippen LogP contribution in [0.15, 0.2) is 54.2 Å². The molecule has 0 aliphatic carbocycles. The number of fused-ring (bicyclic) bond motifs is 1. The first-order valence-electron chi connectivity index (χ1n) is 8.15. The third-order valence-corrected chi connectivity index (χ3v) is 4.81. The molecule has 25 heavy (non-hydrogen) atoms. The number of anilines is 1. The normalized spacial score (nSPS) is 19.6. The van der Waals surface area contributed by atoms with E-state index in [1.165, 1.54) is 0 Å². The molecule has 2 aliphatic heterocycles. The van der Waals surface area contributed by atoms with Crippen LogP contribution in [0.4, 0.5) is 5.69 Å². The van der Waals surface area contributed by atoms with Gasteiger partial charge in [-0.25, -0.2) is 0 Å². The van der Waals surface area contributed by atoms with E-state index in [9.17, 15) is 0 Å². The van der Waals surface area contributed by atoms with Crippen LogP contribution in [0.1, 0.15) is 12.0 Å². The molecule has 0 amide bonds. The number of methoxy groups -OCH3 is 2. The van der Waals surface area contributed by atoms with Crippen LogP contribution in [0, 0.1) is 0 Å². The molecule has 6 heteroatoms. The molecule has 2 aromatic rings. The molecule has 0 aromatic heterocycles. The van der Waals surface area contributed by atoms with Crippen LogP contribution in [0.2, 0.25) is 5.02 Å². The van der Waals surface area contributed by atoms with Crippen LogP contribution in [-0.2, 0) is 4.74 Å². The Hall–Kier alpha value is -2.21. The van der Waals surface area contributed by atoms with Crippen molar-refractivity contribution in [2.24, 2.45) is 0 Å². The van der Waals surface area contributed by atoms with Crippen molar-refractivity contribution < 1.29 is 9.47 Å². The maximum atomic E-state index is 6.07. The van der Waals surface area contributed by atoms with Crippen LogP contribution in [-0.4, -0.2) is 31.9 Å². The summed E-state index contributed by atoms with van der Waals surface area (Å²) in [5.74, 6) is 0.780. The monoisotopic (exact) mass is 356 g/mol. The highest BCUT2D eigenvalue weighted by molar-refractivity contribution is 6.30. The lowest BCUT2D eigenvalue weighted by molar-refractivity contribution is 0.111. The molecule has 0 radical (unpaired) electrons. The number of hydrogen-bond acceptors (Lipinski definition) is 4. The predicted molar refractivity (Wildman–Crippen MR) is 99.3 cm³/mol. The summed E-state index contributed by atoms with van der Waals surface area (Å²) in [7, 11) is 3.42. The number of para-hydroxylation sites is 2. The molecule has 4 rings (SSSR count). The molecular formula is C19H19ClN3O2-. The zero-order chi connectivity index (χ0) is 17.4. The maximum absolute atomic E-state index is 6.07. The van der Waals surface area contributed by atoms with Crippen molar-refractivity contribution in [3.63, 3.8) is 0 Å². The minimum Gasteiger partial charge on any atom is -0.495 e. The smallest absolute Gasteiger partial charge is 0.141 e. The molecular weight excluding hydrogens is 338 g/mol. The Bertz CT molecular complexity index is 807. The summed E-state index contributed by atoms with van der Waals surface area (Å²) >= 11 is 6.07. The van der Waals surface area contributed by atoms with E-state index in [0.29, 0.717) is 5.02 Å². The van der Waals surface area contributed by atoms with Gasteiger partial charge in [0.25, 0.3) is 0 Å². The molecule has 0 spiro atoms. The van der Waals surface area contributed by atoms with Crippen molar-refractivity contribution in [1.29, 1.82) is 0 Å². The van der Waals surface area contributed by atoms with Gasteiger partial charge in [-0.15, -0.1) is 0 Å². The molecule has 2 heterocycles. The van der Waals surface area contributed by atoms with Gasteiger partial charge in [-0.3, -0.25) is 0 Å². The van der Waals surface area contributed by atoms with Gasteiger partial charge in [0.15, 0.2) is 0 Å². The number of nitrogens with zero attached hydrogens (tertiary/aromatic N) is 3. The molecule has 5 nitrogen and oxygen atoms in total. The second kappa shape index (κ2) is 6.59. The standard InChI is InChI=1S/C19H19ClN3O2/c1-24-15-11-17-19(13-7-9-14(20)10-8-13)23(21-22(17)12-15)16-5-3-4-6-18(16)25-2/h3-10,15H,11-12H2,1-2H3/q-1/t15-/m1/s1. The van der Waals surface area contributed by atoms with E-state index < -0.39 is 0 Å². The van der Waals surface area contributed by atoms with Crippen molar-refractivity contribution in [3.05, 3.63) is 70.3 Å². The first kappa shape index (κ1) is 16.3. The Labute approximate surface area is 152 Å². The van der Waals surface area contributed by atoms with Crippen LogP contribution < -0.4 is 9.75 Å². The summed E-state index contributed by atoms with van der Waals surface area (Å²) in [6.45, 7) is 0.745. The molecule has 0 N–H and O–H groups in total. The summed E-state index contributed by atoms with van der Waals surface area (Å²) in [4.78, 5) is 0. The van der Waals surface area contributed by atoms with E-state index in [2.05, 4.69) is 0 Å².